The molecule has 2 aromatic rings. The Balaban J connectivity index is 0.00000300. The average Bonchev–Trinajstić information content (AvgIpc) is 3.00. The van der Waals surface area contributed by atoms with Gasteiger partial charge in [0.1, 0.15) is 12.1 Å². The van der Waals surface area contributed by atoms with Crippen molar-refractivity contribution in [2.24, 2.45) is 0 Å². The van der Waals surface area contributed by atoms with E-state index in [1.165, 1.54) is 6.92 Å². The molecule has 2 N–H and O–H groups in total. The zero-order valence-electron chi connectivity index (χ0n) is 16.5. The van der Waals surface area contributed by atoms with Gasteiger partial charge in [0.15, 0.2) is 0 Å². The Morgan fingerprint density at radius 3 is 2.21 bits per heavy atom. The molecule has 1 unspecified atom stereocenters. The van der Waals surface area contributed by atoms with Gasteiger partial charge in [-0.15, -0.1) is 6.58 Å². The Labute approximate surface area is 178 Å². The van der Waals surface area contributed by atoms with Gasteiger partial charge in [-0.1, -0.05) is 54.6 Å². The van der Waals surface area contributed by atoms with E-state index in [0.717, 1.165) is 22.3 Å². The molecule has 29 heavy (non-hydrogen) atoms. The van der Waals surface area contributed by atoms with Crippen LogP contribution in [0, 0.1) is 0 Å². The van der Waals surface area contributed by atoms with E-state index in [4.69, 9.17) is 4.74 Å². The number of ether oxygens (including phenoxy) is 1. The van der Waals surface area contributed by atoms with Crippen LogP contribution in [0.15, 0.2) is 61.2 Å². The first-order valence-corrected chi connectivity index (χ1v) is 9.44. The van der Waals surface area contributed by atoms with Gasteiger partial charge in [-0.3, -0.25) is 0 Å². The van der Waals surface area contributed by atoms with Gasteiger partial charge in [0.05, 0.1) is 0 Å². The summed E-state index contributed by atoms with van der Waals surface area (Å²) in [7, 11) is 0. The summed E-state index contributed by atoms with van der Waals surface area (Å²) in [6.45, 7) is 5.29. The Morgan fingerprint density at radius 1 is 1.14 bits per heavy atom. The fourth-order valence-corrected chi connectivity index (χ4v) is 3.68. The lowest BCUT2D eigenvalue weighted by atomic mass is 9.95. The van der Waals surface area contributed by atoms with E-state index >= 15 is 0 Å². The number of fused-ring (bicyclic) bond motifs is 3. The summed E-state index contributed by atoms with van der Waals surface area (Å²) in [6, 6.07) is 16.1. The minimum atomic E-state index is -1.37. The van der Waals surface area contributed by atoms with E-state index in [1.54, 1.807) is 6.08 Å². The quantitative estimate of drug-likeness (QED) is 0.480. The third-order valence-electron chi connectivity index (χ3n) is 5.28. The number of carboxylic acid groups (broad SMARTS) is 1. The number of carboxylic acids is 1. The van der Waals surface area contributed by atoms with Gasteiger partial charge in [-0.2, -0.15) is 13.5 Å². The van der Waals surface area contributed by atoms with Crippen LogP contribution in [0.3, 0.4) is 0 Å². The molecule has 0 aliphatic heterocycles. The molecule has 3 rings (SSSR count). The molecule has 0 spiro atoms. The van der Waals surface area contributed by atoms with Gasteiger partial charge < -0.3 is 15.2 Å². The number of rotatable bonds is 8. The van der Waals surface area contributed by atoms with Crippen molar-refractivity contribution in [1.82, 2.24) is 5.32 Å². The number of alkyl carbamates (subject to hydrolysis) is 1. The van der Waals surface area contributed by atoms with Gasteiger partial charge >= 0.3 is 12.1 Å². The molecule has 2 aromatic carbocycles. The maximum Gasteiger partial charge on any atom is 0.408 e. The van der Waals surface area contributed by atoms with Crippen molar-refractivity contribution in [3.8, 4) is 11.1 Å². The lowest BCUT2D eigenvalue weighted by molar-refractivity contribution is -0.144. The summed E-state index contributed by atoms with van der Waals surface area (Å²) in [5.41, 5.74) is 3.15. The molecule has 1 aliphatic rings. The summed E-state index contributed by atoms with van der Waals surface area (Å²) in [5, 5.41) is 12.1. The van der Waals surface area contributed by atoms with Crippen molar-refractivity contribution in [3.05, 3.63) is 72.3 Å². The molecule has 0 saturated carbocycles. The minimum Gasteiger partial charge on any atom is -0.480 e. The number of allylic oxidation sites excluding steroid dienone is 1. The average molecular weight is 414 g/mol. The van der Waals surface area contributed by atoms with Crippen molar-refractivity contribution >= 4 is 25.6 Å². The molecule has 0 radical (unpaired) electrons. The molecule has 5 nitrogen and oxygen atoms in total. The van der Waals surface area contributed by atoms with E-state index in [0.29, 0.717) is 19.3 Å². The van der Waals surface area contributed by atoms with Gasteiger partial charge in [-0.25, -0.2) is 9.59 Å². The number of carbonyl (C=O) groups is 2. The van der Waals surface area contributed by atoms with E-state index in [-0.39, 0.29) is 26.0 Å². The molecule has 0 aromatic heterocycles. The Bertz CT molecular complexity index is 852. The van der Waals surface area contributed by atoms with Crippen molar-refractivity contribution in [2.75, 3.05) is 6.61 Å². The number of aliphatic carboxylic acids is 1. The first-order chi connectivity index (χ1) is 13.5. The highest BCUT2D eigenvalue weighted by Gasteiger charge is 2.35. The van der Waals surface area contributed by atoms with Crippen LogP contribution in [0.2, 0.25) is 0 Å². The number of hydrogen-bond acceptors (Lipinski definition) is 3. The van der Waals surface area contributed by atoms with Crippen molar-refractivity contribution in [2.45, 2.75) is 37.6 Å². The van der Waals surface area contributed by atoms with Gasteiger partial charge in [-0.05, 0) is 48.4 Å². The van der Waals surface area contributed by atoms with Crippen LogP contribution < -0.4 is 5.32 Å². The fraction of sp³-hybridized carbons (Fsp3) is 0.304. The van der Waals surface area contributed by atoms with Crippen LogP contribution in [-0.2, 0) is 9.53 Å². The Hall–Kier alpha value is -2.73. The predicted molar refractivity (Wildman–Crippen MR) is 119 cm³/mol. The highest BCUT2D eigenvalue weighted by molar-refractivity contribution is 7.59. The Morgan fingerprint density at radius 2 is 1.69 bits per heavy atom. The molecule has 1 atom stereocenters. The molecule has 154 valence electrons. The maximum atomic E-state index is 12.4. The standard InChI is InChI=1S/C23H25NO4.H2S/c1-3-4-9-14-23(2,21(25)26)24-22(27)28-15-20-18-12-7-5-10-16(18)17-11-6-8-13-19(17)20;/h3,5-8,10-13,20H,1,4,9,14-15H2,2H3,(H,24,27)(H,25,26);1H2. The van der Waals surface area contributed by atoms with Crippen LogP contribution in [-0.4, -0.2) is 29.3 Å². The highest BCUT2D eigenvalue weighted by atomic mass is 32.1. The zero-order valence-corrected chi connectivity index (χ0v) is 17.5. The SMILES string of the molecule is C=CCCCC(C)(NC(=O)OCC1c2ccccc2-c2ccccc21)C(=O)O.S. The molecule has 1 aliphatic carbocycles. The number of hydrogen-bond donors (Lipinski definition) is 2. The molecule has 0 bridgehead atoms. The second-order valence-electron chi connectivity index (χ2n) is 7.27. The molecule has 0 heterocycles. The van der Waals surface area contributed by atoms with Crippen LogP contribution in [0.4, 0.5) is 4.79 Å². The maximum absolute atomic E-state index is 12.4. The van der Waals surface area contributed by atoms with Crippen LogP contribution in [0.5, 0.6) is 0 Å². The summed E-state index contributed by atoms with van der Waals surface area (Å²) in [6.07, 6.45) is 2.63. The normalized spacial score (nSPS) is 14.0. The Kier molecular flexibility index (Phi) is 7.51. The second kappa shape index (κ2) is 9.65. The van der Waals surface area contributed by atoms with Gasteiger partial charge in [0.25, 0.3) is 0 Å². The molecule has 6 heteroatoms. The number of unbranched alkanes of at least 4 members (excludes halogenated alkanes) is 1. The van der Waals surface area contributed by atoms with Crippen LogP contribution >= 0.6 is 13.5 Å². The highest BCUT2D eigenvalue weighted by Crippen LogP contribution is 2.44. The predicted octanol–water partition coefficient (Wildman–Crippen LogP) is 4.84. The van der Waals surface area contributed by atoms with Gasteiger partial charge in [0, 0.05) is 5.92 Å². The first-order valence-electron chi connectivity index (χ1n) is 9.44. The summed E-state index contributed by atoms with van der Waals surface area (Å²) in [4.78, 5) is 24.0. The zero-order chi connectivity index (χ0) is 20.1. The largest absolute Gasteiger partial charge is 0.480 e. The topological polar surface area (TPSA) is 75.6 Å². The van der Waals surface area contributed by atoms with Crippen molar-refractivity contribution < 1.29 is 19.4 Å². The van der Waals surface area contributed by atoms with E-state index in [1.807, 2.05) is 36.4 Å². The summed E-state index contributed by atoms with van der Waals surface area (Å²) in [5.74, 6) is -1.14. The first kappa shape index (κ1) is 22.6. The van der Waals surface area contributed by atoms with E-state index < -0.39 is 17.6 Å². The monoisotopic (exact) mass is 413 g/mol. The van der Waals surface area contributed by atoms with Crippen LogP contribution in [0.1, 0.15) is 43.2 Å². The molecular formula is C23H27NO4S. The van der Waals surface area contributed by atoms with E-state index in [2.05, 4.69) is 24.0 Å². The lowest BCUT2D eigenvalue weighted by Crippen LogP contribution is -2.52. The number of amides is 1. The minimum absolute atomic E-state index is 0. The number of carbonyl (C=O) groups excluding carboxylic acids is 1. The third kappa shape index (κ3) is 4.82. The second-order valence-corrected chi connectivity index (χ2v) is 7.27. The van der Waals surface area contributed by atoms with Crippen molar-refractivity contribution in [1.29, 1.82) is 0 Å². The summed E-state index contributed by atoms with van der Waals surface area (Å²) < 4.78 is 5.46. The lowest BCUT2D eigenvalue weighted by Gasteiger charge is -2.26. The smallest absolute Gasteiger partial charge is 0.408 e. The van der Waals surface area contributed by atoms with E-state index in [9.17, 15) is 14.7 Å². The third-order valence-corrected chi connectivity index (χ3v) is 5.28. The number of benzene rings is 2. The van der Waals surface area contributed by atoms with Crippen molar-refractivity contribution in [3.63, 3.8) is 0 Å². The molecule has 1 amide bonds. The number of nitrogens with one attached hydrogen (secondary N) is 1. The van der Waals surface area contributed by atoms with Gasteiger partial charge in [0.2, 0.25) is 0 Å². The van der Waals surface area contributed by atoms with Crippen LogP contribution in [0.25, 0.3) is 11.1 Å². The molecule has 0 saturated heterocycles. The fourth-order valence-electron chi connectivity index (χ4n) is 3.68. The summed E-state index contributed by atoms with van der Waals surface area (Å²) >= 11 is 0. The molecular weight excluding hydrogens is 386 g/mol. The molecule has 0 fully saturated rings.